The molecule has 0 saturated carbocycles. The monoisotopic (exact) mass is 295 g/mol. The van der Waals surface area contributed by atoms with E-state index < -0.39 is 23.3 Å². The molecule has 0 bridgehead atoms. The Balaban J connectivity index is 2.95. The van der Waals surface area contributed by atoms with Crippen molar-refractivity contribution >= 4 is 17.6 Å². The molecule has 1 aromatic carbocycles. The number of hydrogen-bond donors (Lipinski definition) is 1. The predicted octanol–water partition coefficient (Wildman–Crippen LogP) is 0.683. The highest BCUT2D eigenvalue weighted by molar-refractivity contribution is 5.96. The van der Waals surface area contributed by atoms with Gasteiger partial charge in [0.05, 0.1) is 4.92 Å². The Kier molecular flexibility index (Phi) is 5.79. The zero-order valence-electron chi connectivity index (χ0n) is 11.9. The summed E-state index contributed by atoms with van der Waals surface area (Å²) in [5.41, 5.74) is -0.104. The molecule has 21 heavy (non-hydrogen) atoms. The number of carboxylic acid groups (broad SMARTS) is 1. The molecule has 0 fully saturated rings. The van der Waals surface area contributed by atoms with E-state index in [1.807, 2.05) is 4.90 Å². The van der Waals surface area contributed by atoms with Gasteiger partial charge in [-0.3, -0.25) is 19.7 Å². The zero-order chi connectivity index (χ0) is 16.0. The lowest BCUT2D eigenvalue weighted by molar-refractivity contribution is -0.384. The van der Waals surface area contributed by atoms with E-state index in [4.69, 9.17) is 5.11 Å². The minimum Gasteiger partial charge on any atom is -0.480 e. The number of benzene rings is 1. The molecule has 114 valence electrons. The molecule has 0 unspecified atom stereocenters. The van der Waals surface area contributed by atoms with Crippen molar-refractivity contribution in [1.82, 2.24) is 9.80 Å². The molecule has 1 amide bonds. The third kappa shape index (κ3) is 5.19. The van der Waals surface area contributed by atoms with E-state index in [0.29, 0.717) is 6.54 Å². The van der Waals surface area contributed by atoms with E-state index in [0.717, 1.165) is 11.0 Å². The second-order valence-electron chi connectivity index (χ2n) is 4.73. The van der Waals surface area contributed by atoms with Crippen LogP contribution in [0.2, 0.25) is 0 Å². The van der Waals surface area contributed by atoms with Gasteiger partial charge in [-0.2, -0.15) is 0 Å². The van der Waals surface area contributed by atoms with Crippen molar-refractivity contribution < 1.29 is 19.6 Å². The average Bonchev–Trinajstić information content (AvgIpc) is 2.42. The third-order valence-electron chi connectivity index (χ3n) is 2.73. The molecule has 1 aromatic rings. The summed E-state index contributed by atoms with van der Waals surface area (Å²) in [7, 11) is 3.60. The van der Waals surface area contributed by atoms with Crippen LogP contribution in [0.1, 0.15) is 10.4 Å². The molecule has 0 spiro atoms. The fourth-order valence-electron chi connectivity index (χ4n) is 1.67. The van der Waals surface area contributed by atoms with Gasteiger partial charge >= 0.3 is 5.97 Å². The first-order valence-corrected chi connectivity index (χ1v) is 6.21. The van der Waals surface area contributed by atoms with Crippen LogP contribution in [0.4, 0.5) is 5.69 Å². The van der Waals surface area contributed by atoms with Gasteiger partial charge in [0.1, 0.15) is 6.54 Å². The van der Waals surface area contributed by atoms with Gasteiger partial charge in [0.25, 0.3) is 11.6 Å². The highest BCUT2D eigenvalue weighted by Crippen LogP contribution is 2.14. The molecule has 0 aromatic heterocycles. The standard InChI is InChI=1S/C13H17N3O5/c1-14(2)6-7-15(9-12(17)18)13(19)10-4-3-5-11(8-10)16(20)21/h3-5,8H,6-7,9H2,1-2H3,(H,17,18). The summed E-state index contributed by atoms with van der Waals surface area (Å²) >= 11 is 0. The van der Waals surface area contributed by atoms with E-state index >= 15 is 0 Å². The second-order valence-corrected chi connectivity index (χ2v) is 4.73. The summed E-state index contributed by atoms with van der Waals surface area (Å²) in [6.45, 7) is 0.268. The van der Waals surface area contributed by atoms with Gasteiger partial charge in [0, 0.05) is 30.8 Å². The van der Waals surface area contributed by atoms with E-state index in [-0.39, 0.29) is 17.8 Å². The average molecular weight is 295 g/mol. The van der Waals surface area contributed by atoms with Crippen molar-refractivity contribution in [2.75, 3.05) is 33.7 Å². The van der Waals surface area contributed by atoms with Gasteiger partial charge in [-0.05, 0) is 20.2 Å². The lowest BCUT2D eigenvalue weighted by Crippen LogP contribution is -2.40. The van der Waals surface area contributed by atoms with Crippen LogP contribution < -0.4 is 0 Å². The van der Waals surface area contributed by atoms with Crippen molar-refractivity contribution in [3.05, 3.63) is 39.9 Å². The molecule has 1 rings (SSSR count). The molecule has 0 aliphatic carbocycles. The van der Waals surface area contributed by atoms with Gasteiger partial charge in [0.2, 0.25) is 0 Å². The molecule has 0 aliphatic rings. The summed E-state index contributed by atoms with van der Waals surface area (Å²) in [5.74, 6) is -1.67. The number of carboxylic acids is 1. The predicted molar refractivity (Wildman–Crippen MR) is 75.2 cm³/mol. The van der Waals surface area contributed by atoms with Gasteiger partial charge in [-0.15, -0.1) is 0 Å². The number of nitro groups is 1. The summed E-state index contributed by atoms with van der Waals surface area (Å²) in [4.78, 5) is 36.2. The van der Waals surface area contributed by atoms with E-state index in [2.05, 4.69) is 0 Å². The van der Waals surface area contributed by atoms with Gasteiger partial charge in [-0.25, -0.2) is 0 Å². The summed E-state index contributed by atoms with van der Waals surface area (Å²) in [5, 5.41) is 19.6. The quantitative estimate of drug-likeness (QED) is 0.586. The summed E-state index contributed by atoms with van der Waals surface area (Å²) < 4.78 is 0. The fourth-order valence-corrected chi connectivity index (χ4v) is 1.67. The van der Waals surface area contributed by atoms with Crippen LogP contribution >= 0.6 is 0 Å². The SMILES string of the molecule is CN(C)CCN(CC(=O)O)C(=O)c1cccc([N+](=O)[O-])c1. The van der Waals surface area contributed by atoms with Crippen molar-refractivity contribution in [2.45, 2.75) is 0 Å². The largest absolute Gasteiger partial charge is 0.480 e. The molecule has 1 N–H and O–H groups in total. The number of nitrogens with zero attached hydrogens (tertiary/aromatic N) is 3. The Hall–Kier alpha value is -2.48. The van der Waals surface area contributed by atoms with E-state index in [1.165, 1.54) is 18.2 Å². The van der Waals surface area contributed by atoms with Crippen LogP contribution in [0.25, 0.3) is 0 Å². The van der Waals surface area contributed by atoms with Crippen molar-refractivity contribution in [1.29, 1.82) is 0 Å². The van der Waals surface area contributed by atoms with Crippen molar-refractivity contribution in [3.63, 3.8) is 0 Å². The molecule has 8 nitrogen and oxygen atoms in total. The number of nitro benzene ring substituents is 1. The van der Waals surface area contributed by atoms with Gasteiger partial charge < -0.3 is 14.9 Å². The number of likely N-dealkylation sites (N-methyl/N-ethyl adjacent to an activating group) is 1. The van der Waals surface area contributed by atoms with Crippen LogP contribution in [0.5, 0.6) is 0 Å². The summed E-state index contributed by atoms with van der Waals surface area (Å²) in [6, 6.07) is 5.25. The highest BCUT2D eigenvalue weighted by Gasteiger charge is 2.20. The number of hydrogen-bond acceptors (Lipinski definition) is 5. The molecule has 0 saturated heterocycles. The lowest BCUT2D eigenvalue weighted by Gasteiger charge is -2.22. The van der Waals surface area contributed by atoms with Crippen LogP contribution in [-0.2, 0) is 4.79 Å². The molecular formula is C13H17N3O5. The van der Waals surface area contributed by atoms with E-state index in [9.17, 15) is 19.7 Å². The lowest BCUT2D eigenvalue weighted by atomic mass is 10.1. The Morgan fingerprint density at radius 3 is 2.48 bits per heavy atom. The van der Waals surface area contributed by atoms with Crippen molar-refractivity contribution in [3.8, 4) is 0 Å². The maximum absolute atomic E-state index is 12.3. The third-order valence-corrected chi connectivity index (χ3v) is 2.73. The van der Waals surface area contributed by atoms with Crippen LogP contribution in [0.15, 0.2) is 24.3 Å². The minimum absolute atomic E-state index is 0.101. The van der Waals surface area contributed by atoms with E-state index in [1.54, 1.807) is 14.1 Å². The molecular weight excluding hydrogens is 278 g/mol. The number of non-ortho nitro benzene ring substituents is 1. The molecule has 0 atom stereocenters. The first-order valence-electron chi connectivity index (χ1n) is 6.21. The van der Waals surface area contributed by atoms with Crippen LogP contribution in [0.3, 0.4) is 0 Å². The Morgan fingerprint density at radius 2 is 1.95 bits per heavy atom. The number of amides is 1. The first-order chi connectivity index (χ1) is 9.81. The topological polar surface area (TPSA) is 104 Å². The minimum atomic E-state index is -1.13. The second kappa shape index (κ2) is 7.34. The molecule has 8 heteroatoms. The van der Waals surface area contributed by atoms with Gasteiger partial charge in [-0.1, -0.05) is 6.07 Å². The normalized spacial score (nSPS) is 10.4. The number of carbonyl (C=O) groups excluding carboxylic acids is 1. The highest BCUT2D eigenvalue weighted by atomic mass is 16.6. The van der Waals surface area contributed by atoms with Crippen molar-refractivity contribution in [2.24, 2.45) is 0 Å². The van der Waals surface area contributed by atoms with Crippen LogP contribution in [0, 0.1) is 10.1 Å². The molecule has 0 radical (unpaired) electrons. The number of carbonyl (C=O) groups is 2. The Morgan fingerprint density at radius 1 is 1.29 bits per heavy atom. The fraction of sp³-hybridized carbons (Fsp3) is 0.385. The Labute approximate surface area is 121 Å². The number of aliphatic carboxylic acids is 1. The number of rotatable bonds is 7. The molecule has 0 aliphatic heterocycles. The zero-order valence-corrected chi connectivity index (χ0v) is 11.9. The maximum atomic E-state index is 12.3. The van der Waals surface area contributed by atoms with Crippen LogP contribution in [-0.4, -0.2) is 65.4 Å². The molecule has 0 heterocycles. The Bertz CT molecular complexity index is 544. The smallest absolute Gasteiger partial charge is 0.323 e. The first kappa shape index (κ1) is 16.6. The summed E-state index contributed by atoms with van der Waals surface area (Å²) in [6.07, 6.45) is 0. The maximum Gasteiger partial charge on any atom is 0.323 e. The van der Waals surface area contributed by atoms with Gasteiger partial charge in [0.15, 0.2) is 0 Å².